The van der Waals surface area contributed by atoms with Crippen LogP contribution < -0.4 is 5.32 Å². The number of aromatic nitrogens is 1. The third-order valence-electron chi connectivity index (χ3n) is 5.20. The van der Waals surface area contributed by atoms with Gasteiger partial charge in [-0.1, -0.05) is 60.1 Å². The van der Waals surface area contributed by atoms with Crippen molar-refractivity contribution in [3.8, 4) is 11.3 Å². The SMILES string of the molecule is CCN1Cc2ccccc2CC1C(=O)NCc1cc(-c2ccccc2Cl)on1.O=CO. The number of halogens is 1. The molecule has 2 heterocycles. The van der Waals surface area contributed by atoms with E-state index in [4.69, 9.17) is 26.0 Å². The van der Waals surface area contributed by atoms with Crippen LogP contribution in [-0.4, -0.2) is 40.1 Å². The summed E-state index contributed by atoms with van der Waals surface area (Å²) >= 11 is 6.21. The molecule has 2 aromatic carbocycles. The first-order chi connectivity index (χ1) is 15.1. The summed E-state index contributed by atoms with van der Waals surface area (Å²) in [6.45, 7) is 3.78. The Morgan fingerprint density at radius 1 is 1.26 bits per heavy atom. The number of nitrogens with one attached hydrogen (secondary N) is 1. The molecule has 1 aliphatic rings. The average Bonchev–Trinajstić information content (AvgIpc) is 3.26. The highest BCUT2D eigenvalue weighted by atomic mass is 35.5. The lowest BCUT2D eigenvalue weighted by Crippen LogP contribution is -2.49. The van der Waals surface area contributed by atoms with Gasteiger partial charge < -0.3 is 14.9 Å². The van der Waals surface area contributed by atoms with E-state index in [1.807, 2.05) is 36.4 Å². The minimum atomic E-state index is -0.250. The van der Waals surface area contributed by atoms with Gasteiger partial charge in [0.1, 0.15) is 5.69 Å². The van der Waals surface area contributed by atoms with Crippen molar-refractivity contribution in [2.45, 2.75) is 32.5 Å². The van der Waals surface area contributed by atoms with Gasteiger partial charge in [0.25, 0.3) is 6.47 Å². The first kappa shape index (κ1) is 22.5. The van der Waals surface area contributed by atoms with Gasteiger partial charge in [0, 0.05) is 18.2 Å². The number of carbonyl (C=O) groups is 2. The third kappa shape index (κ3) is 5.51. The van der Waals surface area contributed by atoms with Crippen molar-refractivity contribution in [1.29, 1.82) is 0 Å². The molecule has 0 spiro atoms. The lowest BCUT2D eigenvalue weighted by atomic mass is 9.93. The zero-order chi connectivity index (χ0) is 22.2. The van der Waals surface area contributed by atoms with Crippen LogP contribution in [0.4, 0.5) is 0 Å². The molecule has 0 saturated carbocycles. The van der Waals surface area contributed by atoms with E-state index in [-0.39, 0.29) is 18.4 Å². The Hall–Kier alpha value is -3.16. The van der Waals surface area contributed by atoms with Crippen molar-refractivity contribution in [2.75, 3.05) is 6.54 Å². The quantitative estimate of drug-likeness (QED) is 0.585. The second-order valence-corrected chi connectivity index (χ2v) is 7.44. The fourth-order valence-corrected chi connectivity index (χ4v) is 3.88. The molecule has 3 aromatic rings. The van der Waals surface area contributed by atoms with E-state index in [9.17, 15) is 4.79 Å². The minimum absolute atomic E-state index is 0.0126. The summed E-state index contributed by atoms with van der Waals surface area (Å²) in [7, 11) is 0. The van der Waals surface area contributed by atoms with Gasteiger partial charge in [-0.3, -0.25) is 14.5 Å². The third-order valence-corrected chi connectivity index (χ3v) is 5.53. The maximum Gasteiger partial charge on any atom is 0.290 e. The Bertz CT molecular complexity index is 1040. The number of hydrogen-bond acceptors (Lipinski definition) is 5. The van der Waals surface area contributed by atoms with Crippen LogP contribution in [0.25, 0.3) is 11.3 Å². The molecule has 31 heavy (non-hydrogen) atoms. The minimum Gasteiger partial charge on any atom is -0.483 e. The Balaban J connectivity index is 0.000000858. The van der Waals surface area contributed by atoms with Crippen molar-refractivity contribution >= 4 is 24.0 Å². The molecule has 0 fully saturated rings. The smallest absolute Gasteiger partial charge is 0.290 e. The normalized spacial score (nSPS) is 15.4. The van der Waals surface area contributed by atoms with E-state index in [0.29, 0.717) is 23.0 Å². The van der Waals surface area contributed by atoms with Crippen molar-refractivity contribution in [1.82, 2.24) is 15.4 Å². The Morgan fingerprint density at radius 2 is 1.94 bits per heavy atom. The van der Waals surface area contributed by atoms with Crippen LogP contribution in [-0.2, 0) is 29.1 Å². The Labute approximate surface area is 185 Å². The topological polar surface area (TPSA) is 95.7 Å². The molecule has 8 heteroatoms. The summed E-state index contributed by atoms with van der Waals surface area (Å²) in [6.07, 6.45) is 0.722. The standard InChI is InChI=1S/C22H22ClN3O2.CH2O2/c1-2-26-14-16-8-4-3-7-15(16)11-20(26)22(27)24-13-17-12-21(28-25-17)18-9-5-6-10-19(18)23;2-1-3/h3-10,12,20H,2,11,13-14H2,1H3,(H,24,27);1H,(H,2,3). The number of hydrogen-bond donors (Lipinski definition) is 2. The summed E-state index contributed by atoms with van der Waals surface area (Å²) in [5.41, 5.74) is 4.00. The van der Waals surface area contributed by atoms with E-state index >= 15 is 0 Å². The van der Waals surface area contributed by atoms with Gasteiger partial charge in [-0.05, 0) is 36.2 Å². The zero-order valence-corrected chi connectivity index (χ0v) is 17.9. The Kier molecular flexibility index (Phi) is 7.81. The highest BCUT2D eigenvalue weighted by molar-refractivity contribution is 6.33. The van der Waals surface area contributed by atoms with Crippen LogP contribution in [0.2, 0.25) is 5.02 Å². The average molecular weight is 442 g/mol. The van der Waals surface area contributed by atoms with Crippen molar-refractivity contribution in [3.05, 3.63) is 76.4 Å². The molecular formula is C23H24ClN3O4. The van der Waals surface area contributed by atoms with E-state index in [0.717, 1.165) is 25.1 Å². The summed E-state index contributed by atoms with van der Waals surface area (Å²) in [4.78, 5) is 23.4. The number of rotatable bonds is 5. The second-order valence-electron chi connectivity index (χ2n) is 7.04. The van der Waals surface area contributed by atoms with Crippen LogP contribution in [0.5, 0.6) is 0 Å². The molecule has 1 unspecified atom stereocenters. The zero-order valence-electron chi connectivity index (χ0n) is 17.1. The molecule has 7 nitrogen and oxygen atoms in total. The van der Waals surface area contributed by atoms with Gasteiger partial charge in [0.2, 0.25) is 5.91 Å². The first-order valence-corrected chi connectivity index (χ1v) is 10.3. The van der Waals surface area contributed by atoms with Gasteiger partial charge in [-0.25, -0.2) is 0 Å². The summed E-state index contributed by atoms with van der Waals surface area (Å²) < 4.78 is 5.40. The van der Waals surface area contributed by atoms with E-state index in [1.54, 1.807) is 6.07 Å². The first-order valence-electron chi connectivity index (χ1n) is 9.94. The second kappa shape index (κ2) is 10.7. The number of fused-ring (bicyclic) bond motifs is 1. The number of carboxylic acid groups (broad SMARTS) is 1. The number of nitrogens with zero attached hydrogens (tertiary/aromatic N) is 2. The predicted molar refractivity (Wildman–Crippen MR) is 118 cm³/mol. The maximum absolute atomic E-state index is 12.8. The number of benzene rings is 2. The van der Waals surface area contributed by atoms with Gasteiger partial charge in [-0.15, -0.1) is 0 Å². The van der Waals surface area contributed by atoms with Gasteiger partial charge in [-0.2, -0.15) is 0 Å². The van der Waals surface area contributed by atoms with Crippen LogP contribution >= 0.6 is 11.6 Å². The fraction of sp³-hybridized carbons (Fsp3) is 0.261. The number of amides is 1. The summed E-state index contributed by atoms with van der Waals surface area (Å²) in [5.74, 6) is 0.607. The lowest BCUT2D eigenvalue weighted by molar-refractivity contribution is -0.127. The molecular weight excluding hydrogens is 418 g/mol. The molecule has 0 saturated heterocycles. The lowest BCUT2D eigenvalue weighted by Gasteiger charge is -2.35. The van der Waals surface area contributed by atoms with Crippen LogP contribution in [0, 0.1) is 0 Å². The predicted octanol–water partition coefficient (Wildman–Crippen LogP) is 3.76. The van der Waals surface area contributed by atoms with Crippen LogP contribution in [0.3, 0.4) is 0 Å². The molecule has 0 radical (unpaired) electrons. The van der Waals surface area contributed by atoms with Gasteiger partial charge in [0.15, 0.2) is 5.76 Å². The van der Waals surface area contributed by atoms with Crippen LogP contribution in [0.1, 0.15) is 23.7 Å². The van der Waals surface area contributed by atoms with Crippen molar-refractivity contribution < 1.29 is 19.2 Å². The molecule has 2 N–H and O–H groups in total. The van der Waals surface area contributed by atoms with Gasteiger partial charge in [0.05, 0.1) is 17.6 Å². The number of likely N-dealkylation sites (N-methyl/N-ethyl adjacent to an activating group) is 1. The van der Waals surface area contributed by atoms with E-state index in [1.165, 1.54) is 11.1 Å². The largest absolute Gasteiger partial charge is 0.483 e. The van der Waals surface area contributed by atoms with Crippen molar-refractivity contribution in [3.63, 3.8) is 0 Å². The van der Waals surface area contributed by atoms with E-state index in [2.05, 4.69) is 34.4 Å². The van der Waals surface area contributed by atoms with Crippen molar-refractivity contribution in [2.24, 2.45) is 0 Å². The molecule has 1 atom stereocenters. The van der Waals surface area contributed by atoms with Crippen LogP contribution in [0.15, 0.2) is 59.1 Å². The van der Waals surface area contributed by atoms with E-state index < -0.39 is 0 Å². The highest BCUT2D eigenvalue weighted by Gasteiger charge is 2.30. The molecule has 1 aliphatic heterocycles. The molecule has 4 rings (SSSR count). The summed E-state index contributed by atoms with van der Waals surface area (Å²) in [6, 6.07) is 17.4. The highest BCUT2D eigenvalue weighted by Crippen LogP contribution is 2.28. The maximum atomic E-state index is 12.8. The summed E-state index contributed by atoms with van der Waals surface area (Å²) in [5, 5.41) is 14.6. The molecule has 0 bridgehead atoms. The molecule has 1 amide bonds. The molecule has 0 aliphatic carbocycles. The monoisotopic (exact) mass is 441 g/mol. The Morgan fingerprint density at radius 3 is 2.65 bits per heavy atom. The number of carbonyl (C=O) groups excluding carboxylic acids is 1. The molecule has 1 aromatic heterocycles. The van der Waals surface area contributed by atoms with Gasteiger partial charge >= 0.3 is 0 Å². The fourth-order valence-electron chi connectivity index (χ4n) is 3.65. The molecule has 162 valence electrons.